The second-order valence-electron chi connectivity index (χ2n) is 8.25. The Morgan fingerprint density at radius 2 is 1.77 bits per heavy atom. The van der Waals surface area contributed by atoms with E-state index < -0.39 is 40.8 Å². The van der Waals surface area contributed by atoms with Crippen LogP contribution in [0, 0.1) is 15.9 Å². The fourth-order valence-corrected chi connectivity index (χ4v) is 3.84. The van der Waals surface area contributed by atoms with Gasteiger partial charge in [0.2, 0.25) is 0 Å². The molecule has 31 heavy (non-hydrogen) atoms. The van der Waals surface area contributed by atoms with Crippen LogP contribution in [0.1, 0.15) is 31.5 Å². The van der Waals surface area contributed by atoms with Crippen molar-refractivity contribution in [3.63, 3.8) is 0 Å². The Balaban J connectivity index is 1.98. The number of phenols is 1. The van der Waals surface area contributed by atoms with Crippen LogP contribution < -0.4 is 0 Å². The molecule has 1 aromatic heterocycles. The summed E-state index contributed by atoms with van der Waals surface area (Å²) >= 11 is 0. The normalized spacial score (nSPS) is 14.5. The summed E-state index contributed by atoms with van der Waals surface area (Å²) in [5.41, 5.74) is -4.54. The largest absolute Gasteiger partial charge is 0.508 e. The number of nitro groups is 1. The Bertz CT molecular complexity index is 1140. The third-order valence-corrected chi connectivity index (χ3v) is 5.30. The smallest absolute Gasteiger partial charge is 0.417 e. The van der Waals surface area contributed by atoms with Crippen LogP contribution in [-0.2, 0) is 11.8 Å². The Morgan fingerprint density at radius 1 is 1.10 bits per heavy atom. The molecule has 0 aliphatic heterocycles. The monoisotopic (exact) mass is 440 g/mol. The molecule has 3 N–H and O–H groups in total. The van der Waals surface area contributed by atoms with Crippen LogP contribution in [0.5, 0.6) is 5.75 Å². The van der Waals surface area contributed by atoms with Gasteiger partial charge in [0.25, 0.3) is 5.69 Å². The Hall–Kier alpha value is -3.14. The summed E-state index contributed by atoms with van der Waals surface area (Å²) < 4.78 is 55.5. The highest BCUT2D eigenvalue weighted by Gasteiger charge is 2.56. The van der Waals surface area contributed by atoms with E-state index >= 15 is 0 Å². The third-order valence-electron chi connectivity index (χ3n) is 5.30. The number of benzene rings is 2. The summed E-state index contributed by atoms with van der Waals surface area (Å²) in [6.07, 6.45) is -6.77. The molecule has 0 aliphatic rings. The number of hydrogen-bond donors (Lipinski definition) is 3. The highest BCUT2D eigenvalue weighted by Crippen LogP contribution is 2.45. The summed E-state index contributed by atoms with van der Waals surface area (Å²) in [6, 6.07) is 8.08. The van der Waals surface area contributed by atoms with Crippen molar-refractivity contribution in [2.75, 3.05) is 0 Å². The first-order valence-corrected chi connectivity index (χ1v) is 9.26. The van der Waals surface area contributed by atoms with Crippen molar-refractivity contribution in [2.45, 2.75) is 43.9 Å². The SMILES string of the molecule is CC(C)(CC(O)(Cc1cc2cc([N+](=O)[O-])ccc2[nH]1)C(F)(F)F)c1cc(F)ccc1O. The molecule has 2 aromatic carbocycles. The lowest BCUT2D eigenvalue weighted by atomic mass is 9.73. The van der Waals surface area contributed by atoms with Gasteiger partial charge in [-0.1, -0.05) is 13.8 Å². The highest BCUT2D eigenvalue weighted by atomic mass is 19.4. The maximum absolute atomic E-state index is 14.0. The van der Waals surface area contributed by atoms with Crippen LogP contribution in [0.25, 0.3) is 10.9 Å². The summed E-state index contributed by atoms with van der Waals surface area (Å²) in [6.45, 7) is 2.74. The molecule has 0 saturated carbocycles. The minimum Gasteiger partial charge on any atom is -0.508 e. The molecule has 1 atom stereocenters. The molecule has 3 aromatic rings. The number of aromatic amines is 1. The predicted octanol–water partition coefficient (Wildman–Crippen LogP) is 5.12. The van der Waals surface area contributed by atoms with Crippen molar-refractivity contribution >= 4 is 16.6 Å². The molecular formula is C21H20F4N2O4. The van der Waals surface area contributed by atoms with Crippen molar-refractivity contribution in [1.82, 2.24) is 4.98 Å². The first kappa shape index (κ1) is 22.5. The maximum Gasteiger partial charge on any atom is 0.417 e. The van der Waals surface area contributed by atoms with Crippen LogP contribution in [0.15, 0.2) is 42.5 Å². The molecular weight excluding hydrogens is 420 g/mol. The molecule has 0 bridgehead atoms. The second-order valence-corrected chi connectivity index (χ2v) is 8.25. The van der Waals surface area contributed by atoms with Crippen LogP contribution in [-0.4, -0.2) is 31.9 Å². The van der Waals surface area contributed by atoms with Gasteiger partial charge in [-0.15, -0.1) is 0 Å². The van der Waals surface area contributed by atoms with E-state index in [-0.39, 0.29) is 22.7 Å². The Morgan fingerprint density at radius 3 is 2.39 bits per heavy atom. The number of nitrogens with one attached hydrogen (secondary N) is 1. The van der Waals surface area contributed by atoms with E-state index in [0.29, 0.717) is 10.9 Å². The lowest BCUT2D eigenvalue weighted by Gasteiger charge is -2.38. The zero-order valence-electron chi connectivity index (χ0n) is 16.6. The summed E-state index contributed by atoms with van der Waals surface area (Å²) in [7, 11) is 0. The van der Waals surface area contributed by atoms with E-state index in [0.717, 1.165) is 18.2 Å². The summed E-state index contributed by atoms with van der Waals surface area (Å²) in [5.74, 6) is -1.11. The third kappa shape index (κ3) is 4.48. The molecule has 3 rings (SSSR count). The van der Waals surface area contributed by atoms with Crippen molar-refractivity contribution in [1.29, 1.82) is 0 Å². The van der Waals surface area contributed by atoms with E-state index in [2.05, 4.69) is 4.98 Å². The molecule has 0 spiro atoms. The number of aliphatic hydroxyl groups is 1. The van der Waals surface area contributed by atoms with Gasteiger partial charge in [-0.25, -0.2) is 4.39 Å². The van der Waals surface area contributed by atoms with E-state index in [4.69, 9.17) is 0 Å². The van der Waals surface area contributed by atoms with Gasteiger partial charge in [-0.05, 0) is 42.2 Å². The van der Waals surface area contributed by atoms with Crippen LogP contribution in [0.3, 0.4) is 0 Å². The summed E-state index contributed by atoms with van der Waals surface area (Å²) in [5, 5.41) is 32.0. The number of rotatable bonds is 6. The number of aromatic hydroxyl groups is 1. The number of halogens is 4. The van der Waals surface area contributed by atoms with E-state index in [1.165, 1.54) is 38.1 Å². The molecule has 0 aliphatic carbocycles. The molecule has 10 heteroatoms. The molecule has 0 radical (unpaired) electrons. The average molecular weight is 440 g/mol. The zero-order valence-corrected chi connectivity index (χ0v) is 16.6. The van der Waals surface area contributed by atoms with E-state index in [9.17, 15) is 37.9 Å². The molecule has 0 fully saturated rings. The number of H-pyrrole nitrogens is 1. The van der Waals surface area contributed by atoms with Crippen LogP contribution in [0.4, 0.5) is 23.2 Å². The number of alkyl halides is 3. The lowest BCUT2D eigenvalue weighted by molar-refractivity contribution is -0.384. The Labute approximate surface area is 174 Å². The average Bonchev–Trinajstić information content (AvgIpc) is 3.03. The zero-order chi connectivity index (χ0) is 23.2. The number of non-ortho nitro benzene ring substituents is 1. The van der Waals surface area contributed by atoms with Gasteiger partial charge >= 0.3 is 6.18 Å². The standard InChI is InChI=1S/C21H20F4N2O4/c1-19(2,16-9-13(22)3-6-18(16)28)11-20(29,21(23,24)25)10-14-7-12-8-15(27(30)31)4-5-17(12)26-14/h3-9,26,28-29H,10-11H2,1-2H3. The second kappa shape index (κ2) is 7.52. The van der Waals surface area contributed by atoms with Crippen molar-refractivity contribution < 1.29 is 32.7 Å². The lowest BCUT2D eigenvalue weighted by Crippen LogP contribution is -2.50. The minimum atomic E-state index is -5.05. The fourth-order valence-electron chi connectivity index (χ4n) is 3.84. The Kier molecular flexibility index (Phi) is 5.47. The highest BCUT2D eigenvalue weighted by molar-refractivity contribution is 5.82. The number of phenolic OH excluding ortho intramolecular Hbond substituents is 1. The molecule has 1 unspecified atom stereocenters. The first-order valence-electron chi connectivity index (χ1n) is 9.26. The number of nitrogens with zero attached hydrogens (tertiary/aromatic N) is 1. The van der Waals surface area contributed by atoms with Crippen LogP contribution >= 0.6 is 0 Å². The number of aromatic nitrogens is 1. The van der Waals surface area contributed by atoms with Gasteiger partial charge in [0.05, 0.1) is 4.92 Å². The minimum absolute atomic E-state index is 0.0228. The van der Waals surface area contributed by atoms with Crippen molar-refractivity contribution in [3.8, 4) is 5.75 Å². The van der Waals surface area contributed by atoms with E-state index in [1.54, 1.807) is 0 Å². The van der Waals surface area contributed by atoms with Gasteiger partial charge < -0.3 is 15.2 Å². The fraction of sp³-hybridized carbons (Fsp3) is 0.333. The quantitative estimate of drug-likeness (QED) is 0.281. The summed E-state index contributed by atoms with van der Waals surface area (Å²) in [4.78, 5) is 13.0. The predicted molar refractivity (Wildman–Crippen MR) is 105 cm³/mol. The topological polar surface area (TPSA) is 99.4 Å². The van der Waals surface area contributed by atoms with Crippen LogP contribution in [0.2, 0.25) is 0 Å². The molecule has 0 amide bonds. The molecule has 0 saturated heterocycles. The van der Waals surface area contributed by atoms with Gasteiger partial charge in [-0.2, -0.15) is 13.2 Å². The van der Waals surface area contributed by atoms with Crippen molar-refractivity contribution in [2.24, 2.45) is 0 Å². The molecule has 1 heterocycles. The number of nitro benzene ring substituents is 1. The van der Waals surface area contributed by atoms with Gasteiger partial charge in [0.15, 0.2) is 5.60 Å². The maximum atomic E-state index is 14.0. The number of fused-ring (bicyclic) bond motifs is 1. The van der Waals surface area contributed by atoms with Gasteiger partial charge in [0, 0.05) is 40.7 Å². The number of hydrogen-bond acceptors (Lipinski definition) is 4. The molecule has 166 valence electrons. The van der Waals surface area contributed by atoms with Gasteiger partial charge in [0.1, 0.15) is 11.6 Å². The van der Waals surface area contributed by atoms with Gasteiger partial charge in [-0.3, -0.25) is 10.1 Å². The molecule has 6 nitrogen and oxygen atoms in total. The van der Waals surface area contributed by atoms with Crippen molar-refractivity contribution in [3.05, 3.63) is 69.7 Å². The first-order chi connectivity index (χ1) is 14.2. The van der Waals surface area contributed by atoms with E-state index in [1.807, 2.05) is 0 Å².